The summed E-state index contributed by atoms with van der Waals surface area (Å²) in [6.45, 7) is 21.8. The molecule has 0 spiro atoms. The number of hydrogen-bond donors (Lipinski definition) is 0. The van der Waals surface area contributed by atoms with Crippen LogP contribution in [0.1, 0.15) is 74.8 Å². The fourth-order valence-electron chi connectivity index (χ4n) is 1.74. The van der Waals surface area contributed by atoms with Crippen LogP contribution < -0.4 is 4.18 Å². The predicted octanol–water partition coefficient (Wildman–Crippen LogP) is 5.08. The Balaban J connectivity index is -0.000000426. The molecule has 0 aromatic heterocycles. The molecule has 200 valence electrons. The summed E-state index contributed by atoms with van der Waals surface area (Å²) in [7, 11) is 0. The van der Waals surface area contributed by atoms with Crippen LogP contribution in [0, 0.1) is 6.92 Å². The Hall–Kier alpha value is -2.81. The van der Waals surface area contributed by atoms with Crippen LogP contribution in [0.2, 0.25) is 0 Å². The van der Waals surface area contributed by atoms with Crippen LogP contribution in [-0.4, -0.2) is 44.7 Å². The first-order valence-electron chi connectivity index (χ1n) is 10.8. The third kappa shape index (κ3) is 33.4. The van der Waals surface area contributed by atoms with E-state index in [2.05, 4.69) is 6.58 Å². The molecule has 0 saturated carbocycles. The summed E-state index contributed by atoms with van der Waals surface area (Å²) in [6, 6.07) is 7.18. The lowest BCUT2D eigenvalue weighted by molar-refractivity contribution is -0.152. The van der Waals surface area contributed by atoms with Gasteiger partial charge in [0.15, 0.2) is 0 Å². The predicted molar refractivity (Wildman–Crippen MR) is 139 cm³/mol. The van der Waals surface area contributed by atoms with Crippen molar-refractivity contribution >= 4 is 34.6 Å². The Morgan fingerprint density at radius 2 is 1.26 bits per heavy atom. The van der Waals surface area contributed by atoms with Crippen molar-refractivity contribution in [3.05, 3.63) is 42.5 Å². The smallest absolute Gasteiger partial charge is 0.303 e. The number of carbonyl (C=O) groups is 4. The maximum Gasteiger partial charge on any atom is 0.303 e. The average molecular weight is 515 g/mol. The Morgan fingerprint density at radius 1 is 0.857 bits per heavy atom. The Kier molecular flexibility index (Phi) is 19.4. The van der Waals surface area contributed by atoms with Crippen molar-refractivity contribution in [2.75, 3.05) is 5.75 Å². The second kappa shape index (κ2) is 18.5. The minimum atomic E-state index is -1.56. The highest BCUT2D eigenvalue weighted by molar-refractivity contribution is 7.81. The molecule has 1 unspecified atom stereocenters. The number of esters is 2. The zero-order valence-electron chi connectivity index (χ0n) is 23.0. The first kappa shape index (κ1) is 36.8. The number of hydrogen-bond acceptors (Lipinski definition) is 8. The van der Waals surface area contributed by atoms with E-state index in [9.17, 15) is 23.4 Å². The molecule has 35 heavy (non-hydrogen) atoms. The molecule has 0 saturated heterocycles. The molecular formula is C26H42O8S. The summed E-state index contributed by atoms with van der Waals surface area (Å²) in [5.41, 5.74) is 0.257. The first-order chi connectivity index (χ1) is 15.7. The highest BCUT2D eigenvalue weighted by Gasteiger charge is 2.15. The molecule has 0 fully saturated rings. The van der Waals surface area contributed by atoms with Crippen molar-refractivity contribution in [2.24, 2.45) is 0 Å². The third-order valence-corrected chi connectivity index (χ3v) is 3.90. The van der Waals surface area contributed by atoms with E-state index < -0.39 is 16.7 Å². The van der Waals surface area contributed by atoms with E-state index in [1.807, 2.05) is 39.8 Å². The fraction of sp³-hybridized carbons (Fsp3) is 0.538. The van der Waals surface area contributed by atoms with Crippen molar-refractivity contribution in [1.82, 2.24) is 0 Å². The highest BCUT2D eigenvalue weighted by atomic mass is 32.2. The standard InChI is InChI=1S/C10H12O3S.C7H12O2.C6H12O2.C3H6O/c1-8-3-5-10(6-4-8)13-14(12)7-9(2)11;1-5-7(3,4)9-6(2)8;1-5(7)8-6(2,3)4;1-3(2)4/h3-6H,7H2,1-2H3;5H,1H2,2-4H3;1-4H3;1-2H3. The minimum absolute atomic E-state index is 0.0616. The lowest BCUT2D eigenvalue weighted by Crippen LogP contribution is -2.23. The van der Waals surface area contributed by atoms with Gasteiger partial charge < -0.3 is 18.5 Å². The Bertz CT molecular complexity index is 830. The van der Waals surface area contributed by atoms with Gasteiger partial charge >= 0.3 is 11.9 Å². The summed E-state index contributed by atoms with van der Waals surface area (Å²) in [5, 5.41) is 0. The second-order valence-corrected chi connectivity index (χ2v) is 10.1. The summed E-state index contributed by atoms with van der Waals surface area (Å²) < 4.78 is 25.8. The summed E-state index contributed by atoms with van der Waals surface area (Å²) in [5.74, 6) is -0.0172. The summed E-state index contributed by atoms with van der Waals surface area (Å²) >= 11 is -1.56. The molecule has 0 heterocycles. The number of ether oxygens (including phenoxy) is 2. The number of aryl methyl sites for hydroxylation is 1. The van der Waals surface area contributed by atoms with Gasteiger partial charge in [-0.3, -0.25) is 14.4 Å². The van der Waals surface area contributed by atoms with E-state index in [-0.39, 0.29) is 34.9 Å². The van der Waals surface area contributed by atoms with Crippen molar-refractivity contribution in [3.63, 3.8) is 0 Å². The molecule has 0 bridgehead atoms. The van der Waals surface area contributed by atoms with Crippen LogP contribution in [0.25, 0.3) is 0 Å². The lowest BCUT2D eigenvalue weighted by atomic mass is 10.1. The fourth-order valence-corrected chi connectivity index (χ4v) is 2.46. The number of benzene rings is 1. The molecule has 1 aromatic rings. The molecule has 0 aliphatic rings. The maximum atomic E-state index is 11.2. The second-order valence-electron chi connectivity index (χ2n) is 9.06. The Morgan fingerprint density at radius 3 is 1.49 bits per heavy atom. The molecule has 1 aromatic carbocycles. The normalized spacial score (nSPS) is 10.8. The number of Topliss-reactive ketones (excluding diaryl/α,β-unsaturated/α-hetero) is 2. The van der Waals surface area contributed by atoms with Crippen molar-refractivity contribution in [1.29, 1.82) is 0 Å². The molecule has 0 aliphatic carbocycles. The van der Waals surface area contributed by atoms with Gasteiger partial charge in [-0.2, -0.15) is 0 Å². The lowest BCUT2D eigenvalue weighted by Gasteiger charge is -2.18. The van der Waals surface area contributed by atoms with E-state index in [0.29, 0.717) is 5.75 Å². The number of carbonyl (C=O) groups excluding carboxylic acids is 4. The molecular weight excluding hydrogens is 472 g/mol. The topological polar surface area (TPSA) is 113 Å². The quantitative estimate of drug-likeness (QED) is 0.381. The molecule has 1 rings (SSSR count). The van der Waals surface area contributed by atoms with E-state index in [1.54, 1.807) is 32.1 Å². The molecule has 0 amide bonds. The highest BCUT2D eigenvalue weighted by Crippen LogP contribution is 2.12. The number of rotatable bonds is 6. The molecule has 8 nitrogen and oxygen atoms in total. The van der Waals surface area contributed by atoms with E-state index in [0.717, 1.165) is 5.56 Å². The van der Waals surface area contributed by atoms with Crippen LogP contribution in [0.15, 0.2) is 36.9 Å². The van der Waals surface area contributed by atoms with Crippen LogP contribution in [0.5, 0.6) is 5.75 Å². The number of ketones is 2. The largest absolute Gasteiger partial charge is 0.460 e. The Labute approximate surface area is 213 Å². The van der Waals surface area contributed by atoms with Gasteiger partial charge in [0, 0.05) is 13.8 Å². The van der Waals surface area contributed by atoms with Gasteiger partial charge in [-0.25, -0.2) is 4.21 Å². The molecule has 0 aliphatic heterocycles. The monoisotopic (exact) mass is 514 g/mol. The SMILES string of the molecule is C=CC(C)(C)OC(C)=O.CC(=O)CS(=O)Oc1ccc(C)cc1.CC(=O)OC(C)(C)C.CC(C)=O. The molecule has 0 N–H and O–H groups in total. The van der Waals surface area contributed by atoms with Gasteiger partial charge in [0.25, 0.3) is 0 Å². The molecule has 1 atom stereocenters. The van der Waals surface area contributed by atoms with Crippen molar-refractivity contribution in [3.8, 4) is 5.75 Å². The van der Waals surface area contributed by atoms with Crippen LogP contribution in [0.3, 0.4) is 0 Å². The van der Waals surface area contributed by atoms with Gasteiger partial charge in [0.1, 0.15) is 34.3 Å². The zero-order valence-corrected chi connectivity index (χ0v) is 23.8. The van der Waals surface area contributed by atoms with E-state index in [1.165, 1.54) is 34.6 Å². The first-order valence-corrected chi connectivity index (χ1v) is 12.1. The summed E-state index contributed by atoms with van der Waals surface area (Å²) in [6.07, 6.45) is 1.59. The van der Waals surface area contributed by atoms with Crippen molar-refractivity contribution < 1.29 is 37.0 Å². The van der Waals surface area contributed by atoms with Gasteiger partial charge in [0.05, 0.1) is 0 Å². The van der Waals surface area contributed by atoms with Crippen LogP contribution in [-0.2, 0) is 39.7 Å². The minimum Gasteiger partial charge on any atom is -0.460 e. The van der Waals surface area contributed by atoms with Gasteiger partial charge in [-0.15, -0.1) is 0 Å². The van der Waals surface area contributed by atoms with Gasteiger partial charge in [-0.1, -0.05) is 24.3 Å². The van der Waals surface area contributed by atoms with E-state index in [4.69, 9.17) is 13.7 Å². The average Bonchev–Trinajstić information content (AvgIpc) is 2.60. The zero-order chi connectivity index (χ0) is 28.4. The summed E-state index contributed by atoms with van der Waals surface area (Å²) in [4.78, 5) is 40.7. The molecule has 0 radical (unpaired) electrons. The third-order valence-electron chi connectivity index (χ3n) is 2.88. The molecule has 9 heteroatoms. The van der Waals surface area contributed by atoms with Gasteiger partial charge in [0.2, 0.25) is 11.1 Å². The van der Waals surface area contributed by atoms with Crippen LogP contribution >= 0.6 is 0 Å². The van der Waals surface area contributed by atoms with Crippen LogP contribution in [0.4, 0.5) is 0 Å². The van der Waals surface area contributed by atoms with Crippen molar-refractivity contribution in [2.45, 2.75) is 87.4 Å². The van der Waals surface area contributed by atoms with Gasteiger partial charge in [-0.05, 0) is 80.5 Å². The van der Waals surface area contributed by atoms with E-state index >= 15 is 0 Å². The maximum absolute atomic E-state index is 11.2.